The summed E-state index contributed by atoms with van der Waals surface area (Å²) in [7, 11) is 0. The summed E-state index contributed by atoms with van der Waals surface area (Å²) in [6, 6.07) is 5.46. The van der Waals surface area contributed by atoms with Gasteiger partial charge in [0, 0.05) is 0 Å². The van der Waals surface area contributed by atoms with E-state index in [4.69, 9.17) is 21.8 Å². The van der Waals surface area contributed by atoms with Crippen LogP contribution in [0.5, 0.6) is 0 Å². The second kappa shape index (κ2) is 4.85. The van der Waals surface area contributed by atoms with Crippen molar-refractivity contribution in [3.8, 4) is 11.5 Å². The predicted octanol–water partition coefficient (Wildman–Crippen LogP) is 3.11. The molecule has 0 radical (unpaired) electrons. The highest BCUT2D eigenvalue weighted by molar-refractivity contribution is 6.33. The molecule has 1 unspecified atom stereocenters. The maximum absolute atomic E-state index is 6.19. The standard InChI is InChI=1S/C12H14ClN3O/c1-3-9(14)12-16-15-11(17-12)8-6-4-5-7(2)10(8)13/h4-6,9H,3,14H2,1-2H3. The van der Waals surface area contributed by atoms with Gasteiger partial charge in [-0.2, -0.15) is 0 Å². The molecule has 0 aliphatic heterocycles. The minimum Gasteiger partial charge on any atom is -0.419 e. The van der Waals surface area contributed by atoms with Crippen LogP contribution >= 0.6 is 11.6 Å². The zero-order valence-electron chi connectivity index (χ0n) is 9.77. The topological polar surface area (TPSA) is 64.9 Å². The SMILES string of the molecule is CCC(N)c1nnc(-c2cccc(C)c2Cl)o1. The number of nitrogens with two attached hydrogens (primary N) is 1. The van der Waals surface area contributed by atoms with Gasteiger partial charge in [0.2, 0.25) is 11.8 Å². The van der Waals surface area contributed by atoms with Gasteiger partial charge in [-0.05, 0) is 25.0 Å². The Hall–Kier alpha value is -1.39. The van der Waals surface area contributed by atoms with E-state index in [9.17, 15) is 0 Å². The van der Waals surface area contributed by atoms with Crippen molar-refractivity contribution in [2.24, 2.45) is 5.73 Å². The molecule has 0 aliphatic carbocycles. The van der Waals surface area contributed by atoms with Crippen LogP contribution in [0, 0.1) is 6.92 Å². The molecule has 0 fully saturated rings. The third-order valence-electron chi connectivity index (χ3n) is 2.62. The molecule has 2 N–H and O–H groups in total. The van der Waals surface area contributed by atoms with Crippen LogP contribution in [0.1, 0.15) is 30.8 Å². The fourth-order valence-electron chi connectivity index (χ4n) is 1.48. The molecule has 0 saturated heterocycles. The Labute approximate surface area is 105 Å². The van der Waals surface area contributed by atoms with E-state index in [1.54, 1.807) is 0 Å². The molecule has 17 heavy (non-hydrogen) atoms. The summed E-state index contributed by atoms with van der Waals surface area (Å²) in [4.78, 5) is 0. The van der Waals surface area contributed by atoms with Crippen molar-refractivity contribution in [2.45, 2.75) is 26.3 Å². The molecule has 2 rings (SSSR count). The highest BCUT2D eigenvalue weighted by Crippen LogP contribution is 2.30. The highest BCUT2D eigenvalue weighted by atomic mass is 35.5. The van der Waals surface area contributed by atoms with Crippen molar-refractivity contribution in [1.29, 1.82) is 0 Å². The average molecular weight is 252 g/mol. The van der Waals surface area contributed by atoms with Crippen LogP contribution in [0.3, 0.4) is 0 Å². The van der Waals surface area contributed by atoms with Gasteiger partial charge in [-0.3, -0.25) is 0 Å². The average Bonchev–Trinajstić information content (AvgIpc) is 2.81. The largest absolute Gasteiger partial charge is 0.419 e. The summed E-state index contributed by atoms with van der Waals surface area (Å²) in [5.74, 6) is 0.859. The first-order chi connectivity index (χ1) is 8.13. The summed E-state index contributed by atoms with van der Waals surface area (Å²) in [6.07, 6.45) is 0.753. The molecule has 4 nitrogen and oxygen atoms in total. The van der Waals surface area contributed by atoms with Crippen molar-refractivity contribution in [3.63, 3.8) is 0 Å². The fraction of sp³-hybridized carbons (Fsp3) is 0.333. The van der Waals surface area contributed by atoms with Crippen molar-refractivity contribution in [1.82, 2.24) is 10.2 Å². The molecule has 1 aromatic heterocycles. The van der Waals surface area contributed by atoms with E-state index in [0.717, 1.165) is 17.5 Å². The second-order valence-corrected chi connectivity index (χ2v) is 4.27. The van der Waals surface area contributed by atoms with Gasteiger partial charge in [0.15, 0.2) is 0 Å². The molecular weight excluding hydrogens is 238 g/mol. The first-order valence-electron chi connectivity index (χ1n) is 5.48. The second-order valence-electron chi connectivity index (χ2n) is 3.90. The monoisotopic (exact) mass is 251 g/mol. The molecule has 0 saturated carbocycles. The van der Waals surface area contributed by atoms with Crippen molar-refractivity contribution in [3.05, 3.63) is 34.7 Å². The molecule has 90 valence electrons. The summed E-state index contributed by atoms with van der Waals surface area (Å²) < 4.78 is 5.53. The molecule has 0 spiro atoms. The van der Waals surface area contributed by atoms with Crippen LogP contribution in [-0.4, -0.2) is 10.2 Å². The van der Waals surface area contributed by atoms with Gasteiger partial charge in [-0.15, -0.1) is 10.2 Å². The lowest BCUT2D eigenvalue weighted by Crippen LogP contribution is -2.08. The predicted molar refractivity (Wildman–Crippen MR) is 66.7 cm³/mol. The molecular formula is C12H14ClN3O. The van der Waals surface area contributed by atoms with Crippen molar-refractivity contribution < 1.29 is 4.42 Å². The third kappa shape index (κ3) is 2.33. The Kier molecular flexibility index (Phi) is 3.45. The van der Waals surface area contributed by atoms with E-state index in [1.165, 1.54) is 0 Å². The molecule has 1 aromatic carbocycles. The molecule has 1 heterocycles. The molecule has 0 amide bonds. The number of rotatable bonds is 3. The Bertz CT molecular complexity index is 524. The fourth-order valence-corrected chi connectivity index (χ4v) is 1.69. The number of benzene rings is 1. The maximum Gasteiger partial charge on any atom is 0.249 e. The summed E-state index contributed by atoms with van der Waals surface area (Å²) in [5.41, 5.74) is 7.54. The van der Waals surface area contributed by atoms with Gasteiger partial charge in [0.25, 0.3) is 0 Å². The van der Waals surface area contributed by atoms with Crippen LogP contribution in [0.15, 0.2) is 22.6 Å². The first-order valence-corrected chi connectivity index (χ1v) is 5.85. The van der Waals surface area contributed by atoms with Gasteiger partial charge in [0.1, 0.15) is 0 Å². The number of nitrogens with zero attached hydrogens (tertiary/aromatic N) is 2. The zero-order chi connectivity index (χ0) is 12.4. The van der Waals surface area contributed by atoms with Crippen LogP contribution in [0.2, 0.25) is 5.02 Å². The number of hydrogen-bond acceptors (Lipinski definition) is 4. The molecule has 2 aromatic rings. The molecule has 0 aliphatic rings. The first kappa shape index (κ1) is 12.1. The summed E-state index contributed by atoms with van der Waals surface area (Å²) >= 11 is 6.19. The Balaban J connectivity index is 2.40. The minimum absolute atomic E-state index is 0.222. The van der Waals surface area contributed by atoms with E-state index in [2.05, 4.69) is 10.2 Å². The van der Waals surface area contributed by atoms with E-state index >= 15 is 0 Å². The summed E-state index contributed by atoms with van der Waals surface area (Å²) in [5, 5.41) is 8.54. The van der Waals surface area contributed by atoms with Gasteiger partial charge in [-0.25, -0.2) is 0 Å². The Morgan fingerprint density at radius 3 is 2.88 bits per heavy atom. The van der Waals surface area contributed by atoms with Crippen molar-refractivity contribution >= 4 is 11.6 Å². The number of hydrogen-bond donors (Lipinski definition) is 1. The zero-order valence-corrected chi connectivity index (χ0v) is 10.5. The minimum atomic E-state index is -0.222. The smallest absolute Gasteiger partial charge is 0.249 e. The van der Waals surface area contributed by atoms with E-state index in [0.29, 0.717) is 16.8 Å². The number of aromatic nitrogens is 2. The normalized spacial score (nSPS) is 12.7. The third-order valence-corrected chi connectivity index (χ3v) is 3.12. The number of halogens is 1. The van der Waals surface area contributed by atoms with Crippen LogP contribution < -0.4 is 5.73 Å². The van der Waals surface area contributed by atoms with Gasteiger partial charge < -0.3 is 10.2 Å². The lowest BCUT2D eigenvalue weighted by molar-refractivity contribution is 0.452. The highest BCUT2D eigenvalue weighted by Gasteiger charge is 2.16. The quantitative estimate of drug-likeness (QED) is 0.910. The van der Waals surface area contributed by atoms with E-state index in [1.807, 2.05) is 32.0 Å². The van der Waals surface area contributed by atoms with Crippen molar-refractivity contribution in [2.75, 3.05) is 0 Å². The maximum atomic E-state index is 6.19. The van der Waals surface area contributed by atoms with E-state index < -0.39 is 0 Å². The molecule has 0 bridgehead atoms. The number of aryl methyl sites for hydroxylation is 1. The molecule has 5 heteroatoms. The lowest BCUT2D eigenvalue weighted by Gasteiger charge is -2.03. The van der Waals surface area contributed by atoms with Gasteiger partial charge >= 0.3 is 0 Å². The van der Waals surface area contributed by atoms with Gasteiger partial charge in [0.05, 0.1) is 16.6 Å². The van der Waals surface area contributed by atoms with Gasteiger partial charge in [-0.1, -0.05) is 30.7 Å². The van der Waals surface area contributed by atoms with Crippen LogP contribution in [0.4, 0.5) is 0 Å². The summed E-state index contributed by atoms with van der Waals surface area (Å²) in [6.45, 7) is 3.90. The lowest BCUT2D eigenvalue weighted by atomic mass is 10.1. The van der Waals surface area contributed by atoms with Crippen LogP contribution in [0.25, 0.3) is 11.5 Å². The van der Waals surface area contributed by atoms with E-state index in [-0.39, 0.29) is 6.04 Å². The Morgan fingerprint density at radius 2 is 2.18 bits per heavy atom. The van der Waals surface area contributed by atoms with Crippen LogP contribution in [-0.2, 0) is 0 Å². The molecule has 1 atom stereocenters. The Morgan fingerprint density at radius 1 is 1.41 bits per heavy atom.